The van der Waals surface area contributed by atoms with Gasteiger partial charge in [0.05, 0.1) is 13.2 Å². The third-order valence-corrected chi connectivity index (χ3v) is 5.07. The lowest BCUT2D eigenvalue weighted by molar-refractivity contribution is 0.135. The highest BCUT2D eigenvalue weighted by atomic mass is 31.2. The van der Waals surface area contributed by atoms with E-state index in [4.69, 9.17) is 9.05 Å². The van der Waals surface area contributed by atoms with E-state index in [9.17, 15) is 4.89 Å². The van der Waals surface area contributed by atoms with Crippen LogP contribution in [0.15, 0.2) is 0 Å². The summed E-state index contributed by atoms with van der Waals surface area (Å²) in [5, 5.41) is 0. The highest BCUT2D eigenvalue weighted by Crippen LogP contribution is 2.36. The molecular weight excluding hydrogens is 271 g/mol. The lowest BCUT2D eigenvalue weighted by Gasteiger charge is -2.22. The van der Waals surface area contributed by atoms with Gasteiger partial charge in [-0.1, -0.05) is 67.2 Å². The maximum absolute atomic E-state index is 9.79. The average molecular weight is 306 g/mol. The van der Waals surface area contributed by atoms with Gasteiger partial charge in [-0.2, -0.15) is 0 Å². The van der Waals surface area contributed by atoms with Crippen LogP contribution in [0.5, 0.6) is 0 Å². The molecule has 0 saturated heterocycles. The van der Waals surface area contributed by atoms with Gasteiger partial charge < -0.3 is 13.9 Å². The molecule has 0 amide bonds. The summed E-state index contributed by atoms with van der Waals surface area (Å²) < 4.78 is 10.9. The summed E-state index contributed by atoms with van der Waals surface area (Å²) in [6, 6.07) is 0. The Morgan fingerprint density at radius 2 is 1.10 bits per heavy atom. The number of hydrogen-bond donors (Lipinski definition) is 1. The Morgan fingerprint density at radius 3 is 1.40 bits per heavy atom. The highest BCUT2D eigenvalue weighted by molar-refractivity contribution is 7.40. The number of hydrogen-bond acceptors (Lipinski definition) is 3. The molecule has 0 aromatic carbocycles. The van der Waals surface area contributed by atoms with Crippen LogP contribution in [0.1, 0.15) is 67.2 Å². The second-order valence-electron chi connectivity index (χ2n) is 6.32. The average Bonchev–Trinajstić information content (AvgIpc) is 2.42. The van der Waals surface area contributed by atoms with Gasteiger partial charge in [0.2, 0.25) is 0 Å². The van der Waals surface area contributed by atoms with Gasteiger partial charge in [0.25, 0.3) is 0 Å². The van der Waals surface area contributed by atoms with E-state index in [0.29, 0.717) is 36.9 Å². The van der Waals surface area contributed by atoms with Gasteiger partial charge in [-0.05, 0) is 23.7 Å². The van der Waals surface area contributed by atoms with E-state index in [1.165, 1.54) is 25.7 Å². The SMILES string of the molecule is CCCC(C)C(C)COP(O)OCC(C)C(C)CCC. The van der Waals surface area contributed by atoms with Crippen LogP contribution in [-0.4, -0.2) is 18.1 Å². The Balaban J connectivity index is 3.80. The maximum Gasteiger partial charge on any atom is 0.329 e. The molecule has 0 radical (unpaired) electrons. The van der Waals surface area contributed by atoms with Crippen LogP contribution in [-0.2, 0) is 9.05 Å². The maximum atomic E-state index is 9.79. The summed E-state index contributed by atoms with van der Waals surface area (Å²) in [5.41, 5.74) is 0. The molecule has 0 heterocycles. The predicted molar refractivity (Wildman–Crippen MR) is 87.5 cm³/mol. The quantitative estimate of drug-likeness (QED) is 0.492. The van der Waals surface area contributed by atoms with Crippen LogP contribution in [0.2, 0.25) is 0 Å². The minimum Gasteiger partial charge on any atom is -0.328 e. The van der Waals surface area contributed by atoms with Crippen molar-refractivity contribution in [3.63, 3.8) is 0 Å². The fourth-order valence-electron chi connectivity index (χ4n) is 2.21. The molecule has 4 heteroatoms. The molecule has 0 aromatic heterocycles. The molecule has 0 aliphatic carbocycles. The normalized spacial score (nSPS) is 19.4. The zero-order chi connectivity index (χ0) is 15.5. The molecule has 4 atom stereocenters. The van der Waals surface area contributed by atoms with Gasteiger partial charge in [0.15, 0.2) is 0 Å². The molecular formula is C16H35O3P. The topological polar surface area (TPSA) is 38.7 Å². The van der Waals surface area contributed by atoms with Crippen molar-refractivity contribution >= 4 is 8.60 Å². The predicted octanol–water partition coefficient (Wildman–Crippen LogP) is 5.38. The van der Waals surface area contributed by atoms with E-state index in [1.807, 2.05) is 0 Å². The molecule has 0 aliphatic heterocycles. The number of rotatable bonds is 12. The van der Waals surface area contributed by atoms with Gasteiger partial charge >= 0.3 is 8.60 Å². The van der Waals surface area contributed by atoms with Crippen molar-refractivity contribution < 1.29 is 13.9 Å². The van der Waals surface area contributed by atoms with Crippen LogP contribution < -0.4 is 0 Å². The first-order valence-corrected chi connectivity index (χ1v) is 9.30. The molecule has 0 aromatic rings. The van der Waals surface area contributed by atoms with Crippen LogP contribution in [0, 0.1) is 23.7 Å². The van der Waals surface area contributed by atoms with Gasteiger partial charge in [0, 0.05) is 0 Å². The first-order chi connectivity index (χ1) is 9.42. The van der Waals surface area contributed by atoms with E-state index < -0.39 is 8.60 Å². The molecule has 0 saturated carbocycles. The summed E-state index contributed by atoms with van der Waals surface area (Å²) in [7, 11) is -1.71. The first kappa shape index (κ1) is 20.3. The van der Waals surface area contributed by atoms with Crippen molar-refractivity contribution in [2.75, 3.05) is 13.2 Å². The molecule has 20 heavy (non-hydrogen) atoms. The zero-order valence-corrected chi connectivity index (χ0v) is 15.2. The molecule has 0 spiro atoms. The standard InChI is InChI=1S/C16H35O3P/c1-7-9-13(3)15(5)11-18-20(17)19-12-16(6)14(4)10-8-2/h13-17H,7-12H2,1-6H3. The second-order valence-corrected chi connectivity index (χ2v) is 7.31. The molecule has 0 bridgehead atoms. The fourth-order valence-corrected chi connectivity index (χ4v) is 3.01. The van der Waals surface area contributed by atoms with Crippen molar-refractivity contribution in [3.8, 4) is 0 Å². The molecule has 0 fully saturated rings. The third-order valence-electron chi connectivity index (χ3n) is 4.33. The zero-order valence-electron chi connectivity index (χ0n) is 14.3. The van der Waals surface area contributed by atoms with Crippen molar-refractivity contribution in [2.45, 2.75) is 67.2 Å². The first-order valence-electron chi connectivity index (χ1n) is 8.17. The monoisotopic (exact) mass is 306 g/mol. The lowest BCUT2D eigenvalue weighted by atomic mass is 9.93. The summed E-state index contributed by atoms with van der Waals surface area (Å²) in [6.45, 7) is 14.4. The molecule has 4 unspecified atom stereocenters. The van der Waals surface area contributed by atoms with E-state index >= 15 is 0 Å². The molecule has 0 rings (SSSR count). The van der Waals surface area contributed by atoms with Gasteiger partial charge in [-0.15, -0.1) is 0 Å². The van der Waals surface area contributed by atoms with Gasteiger partial charge in [-0.3, -0.25) is 0 Å². The van der Waals surface area contributed by atoms with E-state index in [1.54, 1.807) is 0 Å². The van der Waals surface area contributed by atoms with E-state index in [0.717, 1.165) is 0 Å². The largest absolute Gasteiger partial charge is 0.329 e. The minimum absolute atomic E-state index is 0.465. The van der Waals surface area contributed by atoms with Crippen molar-refractivity contribution in [1.29, 1.82) is 0 Å². The summed E-state index contributed by atoms with van der Waals surface area (Å²) in [4.78, 5) is 9.79. The molecule has 3 nitrogen and oxygen atoms in total. The van der Waals surface area contributed by atoms with Crippen molar-refractivity contribution in [3.05, 3.63) is 0 Å². The van der Waals surface area contributed by atoms with Crippen LogP contribution in [0.4, 0.5) is 0 Å². The Kier molecular flexibility index (Phi) is 12.1. The smallest absolute Gasteiger partial charge is 0.328 e. The van der Waals surface area contributed by atoms with Gasteiger partial charge in [0.1, 0.15) is 0 Å². The second kappa shape index (κ2) is 11.9. The molecule has 122 valence electrons. The third kappa shape index (κ3) is 9.28. The van der Waals surface area contributed by atoms with E-state index in [-0.39, 0.29) is 0 Å². The molecule has 0 aliphatic rings. The van der Waals surface area contributed by atoms with Crippen molar-refractivity contribution in [2.24, 2.45) is 23.7 Å². The fraction of sp³-hybridized carbons (Fsp3) is 1.00. The van der Waals surface area contributed by atoms with Crippen LogP contribution in [0.25, 0.3) is 0 Å². The van der Waals surface area contributed by atoms with Gasteiger partial charge in [-0.25, -0.2) is 0 Å². The molecule has 1 N–H and O–H groups in total. The summed E-state index contributed by atoms with van der Waals surface area (Å²) >= 11 is 0. The Hall–Kier alpha value is 0.310. The highest BCUT2D eigenvalue weighted by Gasteiger charge is 2.17. The Bertz CT molecular complexity index is 204. The Morgan fingerprint density at radius 1 is 0.750 bits per heavy atom. The Labute approximate surface area is 127 Å². The minimum atomic E-state index is -1.71. The summed E-state index contributed by atoms with van der Waals surface area (Å²) in [6.07, 6.45) is 4.81. The summed E-state index contributed by atoms with van der Waals surface area (Å²) in [5.74, 6) is 2.19. The van der Waals surface area contributed by atoms with Crippen molar-refractivity contribution in [1.82, 2.24) is 0 Å². The lowest BCUT2D eigenvalue weighted by Crippen LogP contribution is -2.15. The van der Waals surface area contributed by atoms with E-state index in [2.05, 4.69) is 41.5 Å². The van der Waals surface area contributed by atoms with Crippen LogP contribution >= 0.6 is 8.60 Å². The van der Waals surface area contributed by atoms with Crippen LogP contribution in [0.3, 0.4) is 0 Å².